The second-order valence-electron chi connectivity index (χ2n) is 6.05. The van der Waals surface area contributed by atoms with Gasteiger partial charge in [0.25, 0.3) is 0 Å². The highest BCUT2D eigenvalue weighted by Gasteiger charge is 2.17. The van der Waals surface area contributed by atoms with E-state index in [0.29, 0.717) is 39.9 Å². The van der Waals surface area contributed by atoms with Gasteiger partial charge in [0, 0.05) is 11.1 Å². The first kappa shape index (κ1) is 19.5. The van der Waals surface area contributed by atoms with Gasteiger partial charge in [-0.1, -0.05) is 66.9 Å². The van der Waals surface area contributed by atoms with Crippen LogP contribution < -0.4 is 4.74 Å². The number of pyridine rings is 1. The van der Waals surface area contributed by atoms with Crippen LogP contribution in [0.4, 0.5) is 0 Å². The van der Waals surface area contributed by atoms with Crippen molar-refractivity contribution in [3.8, 4) is 5.75 Å². The second kappa shape index (κ2) is 9.07. The smallest absolute Gasteiger partial charge is 0.357 e. The van der Waals surface area contributed by atoms with Crippen molar-refractivity contribution < 1.29 is 14.3 Å². The lowest BCUT2D eigenvalue weighted by Crippen LogP contribution is -2.09. The monoisotopic (exact) mass is 403 g/mol. The van der Waals surface area contributed by atoms with Crippen LogP contribution >= 0.6 is 23.2 Å². The Morgan fingerprint density at radius 3 is 2.63 bits per heavy atom. The van der Waals surface area contributed by atoms with Crippen LogP contribution in [0, 0.1) is 0 Å². The number of carbonyl (C=O) groups is 1. The van der Waals surface area contributed by atoms with E-state index in [0.717, 1.165) is 18.4 Å². The molecule has 27 heavy (non-hydrogen) atoms. The Labute approximate surface area is 168 Å². The summed E-state index contributed by atoms with van der Waals surface area (Å²) >= 11 is 12.5. The van der Waals surface area contributed by atoms with E-state index in [1.807, 2.05) is 37.3 Å². The molecule has 0 radical (unpaired) electrons. The normalized spacial score (nSPS) is 10.8. The lowest BCUT2D eigenvalue weighted by Gasteiger charge is -2.13. The summed E-state index contributed by atoms with van der Waals surface area (Å²) in [4.78, 5) is 16.7. The Balaban J connectivity index is 1.96. The van der Waals surface area contributed by atoms with Crippen LogP contribution in [-0.2, 0) is 11.3 Å². The van der Waals surface area contributed by atoms with E-state index in [2.05, 4.69) is 4.98 Å². The van der Waals surface area contributed by atoms with Crippen LogP contribution in [0.2, 0.25) is 10.0 Å². The number of carbonyl (C=O) groups excluding carboxylic acids is 1. The van der Waals surface area contributed by atoms with Crippen molar-refractivity contribution in [2.75, 3.05) is 6.61 Å². The van der Waals surface area contributed by atoms with Gasteiger partial charge in [-0.15, -0.1) is 0 Å². The number of unbranched alkanes of at least 4 members (excludes halogenated alkanes) is 1. The van der Waals surface area contributed by atoms with Crippen LogP contribution in [0.1, 0.15) is 35.8 Å². The molecule has 0 aliphatic heterocycles. The van der Waals surface area contributed by atoms with Crippen molar-refractivity contribution in [2.45, 2.75) is 26.4 Å². The summed E-state index contributed by atoms with van der Waals surface area (Å²) in [7, 11) is 0. The summed E-state index contributed by atoms with van der Waals surface area (Å²) in [6, 6.07) is 14.6. The molecule has 0 aliphatic rings. The summed E-state index contributed by atoms with van der Waals surface area (Å²) in [6.07, 6.45) is 1.74. The minimum Gasteiger partial charge on any atom is -0.488 e. The molecule has 3 aromatic rings. The number of ether oxygens (including phenoxy) is 2. The highest BCUT2D eigenvalue weighted by atomic mass is 35.5. The number of hydrogen-bond acceptors (Lipinski definition) is 4. The van der Waals surface area contributed by atoms with E-state index >= 15 is 0 Å². The van der Waals surface area contributed by atoms with Gasteiger partial charge in [0.15, 0.2) is 5.69 Å². The third-order valence-electron chi connectivity index (χ3n) is 3.97. The number of halogens is 2. The van der Waals surface area contributed by atoms with E-state index in [1.54, 1.807) is 18.2 Å². The van der Waals surface area contributed by atoms with Gasteiger partial charge in [-0.05, 0) is 24.1 Å². The largest absolute Gasteiger partial charge is 0.488 e. The van der Waals surface area contributed by atoms with Gasteiger partial charge in [0.1, 0.15) is 12.4 Å². The predicted molar refractivity (Wildman–Crippen MR) is 108 cm³/mol. The first-order chi connectivity index (χ1) is 13.1. The van der Waals surface area contributed by atoms with E-state index in [9.17, 15) is 4.79 Å². The summed E-state index contributed by atoms with van der Waals surface area (Å²) in [5.41, 5.74) is 1.65. The molecule has 1 heterocycles. The molecule has 0 fully saturated rings. The molecular weight excluding hydrogens is 385 g/mol. The van der Waals surface area contributed by atoms with Crippen molar-refractivity contribution in [3.63, 3.8) is 0 Å². The van der Waals surface area contributed by atoms with E-state index in [4.69, 9.17) is 32.7 Å². The van der Waals surface area contributed by atoms with Crippen molar-refractivity contribution >= 4 is 40.1 Å². The summed E-state index contributed by atoms with van der Waals surface area (Å²) in [5, 5.41) is 1.46. The van der Waals surface area contributed by atoms with Gasteiger partial charge in [0.2, 0.25) is 0 Å². The van der Waals surface area contributed by atoms with E-state index in [-0.39, 0.29) is 5.69 Å². The lowest BCUT2D eigenvalue weighted by atomic mass is 10.1. The number of benzene rings is 2. The van der Waals surface area contributed by atoms with Crippen LogP contribution in [0.25, 0.3) is 10.9 Å². The van der Waals surface area contributed by atoms with Gasteiger partial charge in [-0.3, -0.25) is 0 Å². The molecule has 4 nitrogen and oxygen atoms in total. The third-order valence-corrected chi connectivity index (χ3v) is 4.48. The predicted octanol–water partition coefficient (Wildman–Crippen LogP) is 6.08. The molecule has 6 heteroatoms. The molecule has 3 rings (SSSR count). The molecule has 0 unspecified atom stereocenters. The van der Waals surface area contributed by atoms with Gasteiger partial charge < -0.3 is 9.47 Å². The first-order valence-corrected chi connectivity index (χ1v) is 9.47. The van der Waals surface area contributed by atoms with Crippen LogP contribution in [-0.4, -0.2) is 17.6 Å². The zero-order chi connectivity index (χ0) is 19.2. The molecule has 0 spiro atoms. The number of nitrogens with zero attached hydrogens (tertiary/aromatic N) is 1. The van der Waals surface area contributed by atoms with Crippen molar-refractivity contribution in [2.24, 2.45) is 0 Å². The van der Waals surface area contributed by atoms with Crippen LogP contribution in [0.15, 0.2) is 48.5 Å². The fourth-order valence-electron chi connectivity index (χ4n) is 2.59. The number of esters is 1. The maximum Gasteiger partial charge on any atom is 0.357 e. The molecule has 0 saturated carbocycles. The van der Waals surface area contributed by atoms with Gasteiger partial charge in [0.05, 0.1) is 22.5 Å². The Hall–Kier alpha value is -2.30. The van der Waals surface area contributed by atoms with Crippen molar-refractivity contribution in [3.05, 3.63) is 69.8 Å². The lowest BCUT2D eigenvalue weighted by molar-refractivity contribution is 0.0493. The Morgan fingerprint density at radius 2 is 1.89 bits per heavy atom. The minimum atomic E-state index is -0.494. The number of fused-ring (bicyclic) bond motifs is 1. The average molecular weight is 404 g/mol. The zero-order valence-electron chi connectivity index (χ0n) is 14.9. The molecular formula is C21H19Cl2NO3. The topological polar surface area (TPSA) is 48.4 Å². The molecule has 1 aromatic heterocycles. The molecule has 0 saturated heterocycles. The maximum absolute atomic E-state index is 12.4. The van der Waals surface area contributed by atoms with E-state index < -0.39 is 5.97 Å². The van der Waals surface area contributed by atoms with Crippen LogP contribution in [0.5, 0.6) is 5.75 Å². The standard InChI is InChI=1S/C21H19Cl2NO3/c1-2-3-9-26-21(25)18-12-19(27-13-14-7-5-4-6-8-14)20-16(23)10-15(22)11-17(20)24-18/h4-8,10-12H,2-3,9,13H2,1H3. The SMILES string of the molecule is CCCCOC(=O)c1cc(OCc2ccccc2)c2c(Cl)cc(Cl)cc2n1. The molecule has 2 aromatic carbocycles. The van der Waals surface area contributed by atoms with Gasteiger partial charge >= 0.3 is 5.97 Å². The second-order valence-corrected chi connectivity index (χ2v) is 6.89. The Morgan fingerprint density at radius 1 is 1.11 bits per heavy atom. The number of aromatic nitrogens is 1. The van der Waals surface area contributed by atoms with Gasteiger partial charge in [-0.25, -0.2) is 9.78 Å². The summed E-state index contributed by atoms with van der Waals surface area (Å²) < 4.78 is 11.2. The highest BCUT2D eigenvalue weighted by molar-refractivity contribution is 6.39. The van der Waals surface area contributed by atoms with Crippen LogP contribution in [0.3, 0.4) is 0 Å². The molecule has 140 valence electrons. The molecule has 0 bridgehead atoms. The van der Waals surface area contributed by atoms with Crippen molar-refractivity contribution in [1.82, 2.24) is 4.98 Å². The fraction of sp³-hybridized carbons (Fsp3) is 0.238. The molecule has 0 N–H and O–H groups in total. The summed E-state index contributed by atoms with van der Waals surface area (Å²) in [5.74, 6) is -0.0287. The third kappa shape index (κ3) is 4.90. The molecule has 0 aliphatic carbocycles. The summed E-state index contributed by atoms with van der Waals surface area (Å²) in [6.45, 7) is 2.72. The minimum absolute atomic E-state index is 0.167. The van der Waals surface area contributed by atoms with Crippen molar-refractivity contribution in [1.29, 1.82) is 0 Å². The average Bonchev–Trinajstić information content (AvgIpc) is 2.66. The van der Waals surface area contributed by atoms with Gasteiger partial charge in [-0.2, -0.15) is 0 Å². The fourth-order valence-corrected chi connectivity index (χ4v) is 3.16. The Bertz CT molecular complexity index is 945. The first-order valence-electron chi connectivity index (χ1n) is 8.72. The highest BCUT2D eigenvalue weighted by Crippen LogP contribution is 2.35. The number of rotatable bonds is 7. The quantitative estimate of drug-likeness (QED) is 0.354. The Kier molecular flexibility index (Phi) is 6.54. The molecule has 0 atom stereocenters. The van der Waals surface area contributed by atoms with E-state index in [1.165, 1.54) is 0 Å². The molecule has 0 amide bonds. The zero-order valence-corrected chi connectivity index (χ0v) is 16.4. The maximum atomic E-state index is 12.4. The number of hydrogen-bond donors (Lipinski definition) is 0.